The molecule has 11 heteroatoms. The molecular formula is C22H26ClF4N5S. The number of thioether (sulfide) groups is 1. The monoisotopic (exact) mass is 503 g/mol. The van der Waals surface area contributed by atoms with Crippen molar-refractivity contribution in [1.29, 1.82) is 0 Å². The maximum Gasteiger partial charge on any atom is 0.416 e. The number of fused-ring (bicyclic) bond motifs is 1. The van der Waals surface area contributed by atoms with E-state index in [0.717, 1.165) is 42.7 Å². The van der Waals surface area contributed by atoms with Crippen molar-refractivity contribution in [2.45, 2.75) is 55.6 Å². The van der Waals surface area contributed by atoms with Crippen LogP contribution in [0.3, 0.4) is 0 Å². The van der Waals surface area contributed by atoms with Gasteiger partial charge in [-0.05, 0) is 55.6 Å². The number of hydrogen-bond acceptors (Lipinski definition) is 5. The van der Waals surface area contributed by atoms with Gasteiger partial charge in [-0.25, -0.2) is 13.9 Å². The van der Waals surface area contributed by atoms with Gasteiger partial charge in [0.2, 0.25) is 0 Å². The van der Waals surface area contributed by atoms with Crippen LogP contribution in [0.1, 0.15) is 49.4 Å². The predicted octanol–water partition coefficient (Wildman–Crippen LogP) is 5.89. The van der Waals surface area contributed by atoms with Crippen molar-refractivity contribution >= 4 is 35.5 Å². The molecule has 2 aromatic heterocycles. The van der Waals surface area contributed by atoms with Crippen molar-refractivity contribution < 1.29 is 17.6 Å². The quantitative estimate of drug-likeness (QED) is 0.411. The summed E-state index contributed by atoms with van der Waals surface area (Å²) in [7, 11) is 0. The van der Waals surface area contributed by atoms with E-state index in [1.165, 1.54) is 6.07 Å². The minimum Gasteiger partial charge on any atom is -0.378 e. The average Bonchev–Trinajstić information content (AvgIpc) is 3.17. The fourth-order valence-corrected chi connectivity index (χ4v) is 4.91. The van der Waals surface area contributed by atoms with Crippen molar-refractivity contribution in [2.24, 2.45) is 0 Å². The summed E-state index contributed by atoms with van der Waals surface area (Å²) in [5, 5.41) is 12.4. The summed E-state index contributed by atoms with van der Waals surface area (Å²) in [6.07, 6.45) is -0.839. The summed E-state index contributed by atoms with van der Waals surface area (Å²) in [4.78, 5) is 4.46. The first-order valence-corrected chi connectivity index (χ1v) is 11.5. The van der Waals surface area contributed by atoms with E-state index in [-0.39, 0.29) is 30.4 Å². The van der Waals surface area contributed by atoms with E-state index in [1.807, 2.05) is 19.9 Å². The van der Waals surface area contributed by atoms with Crippen LogP contribution in [0, 0.1) is 5.82 Å². The van der Waals surface area contributed by atoms with Gasteiger partial charge in [0, 0.05) is 11.8 Å². The van der Waals surface area contributed by atoms with E-state index in [9.17, 15) is 17.6 Å². The molecule has 0 radical (unpaired) electrons. The molecule has 0 spiro atoms. The molecule has 0 amide bonds. The highest BCUT2D eigenvalue weighted by atomic mass is 35.5. The van der Waals surface area contributed by atoms with E-state index < -0.39 is 17.6 Å². The largest absolute Gasteiger partial charge is 0.416 e. The van der Waals surface area contributed by atoms with Crippen LogP contribution >= 0.6 is 24.2 Å². The third-order valence-corrected chi connectivity index (χ3v) is 6.73. The topological polar surface area (TPSA) is 54.2 Å². The number of anilines is 1. The van der Waals surface area contributed by atoms with Gasteiger partial charge in [0.1, 0.15) is 10.8 Å². The summed E-state index contributed by atoms with van der Waals surface area (Å²) in [6.45, 7) is 5.88. The van der Waals surface area contributed by atoms with Gasteiger partial charge in [-0.2, -0.15) is 18.3 Å². The number of benzene rings is 1. The van der Waals surface area contributed by atoms with E-state index in [0.29, 0.717) is 22.7 Å². The Hall–Kier alpha value is -2.04. The van der Waals surface area contributed by atoms with Gasteiger partial charge in [-0.3, -0.25) is 0 Å². The number of alkyl halides is 3. The molecule has 180 valence electrons. The lowest BCUT2D eigenvalue weighted by molar-refractivity contribution is -0.138. The third-order valence-electron chi connectivity index (χ3n) is 5.48. The van der Waals surface area contributed by atoms with Gasteiger partial charge >= 0.3 is 6.18 Å². The van der Waals surface area contributed by atoms with E-state index in [2.05, 4.69) is 15.6 Å². The molecule has 0 aliphatic carbocycles. The number of hydrogen-bond donors (Lipinski definition) is 2. The molecule has 1 aromatic carbocycles. The smallest absolute Gasteiger partial charge is 0.378 e. The maximum atomic E-state index is 13.5. The molecule has 33 heavy (non-hydrogen) atoms. The van der Waals surface area contributed by atoms with Gasteiger partial charge in [0.05, 0.1) is 23.1 Å². The number of imidazole rings is 1. The maximum absolute atomic E-state index is 13.5. The van der Waals surface area contributed by atoms with Crippen LogP contribution in [0.25, 0.3) is 5.65 Å². The molecule has 1 aliphatic rings. The number of aromatic nitrogens is 3. The first kappa shape index (κ1) is 25.6. The summed E-state index contributed by atoms with van der Waals surface area (Å²) in [5.41, 5.74) is 1.07. The van der Waals surface area contributed by atoms with Crippen molar-refractivity contribution in [1.82, 2.24) is 19.9 Å². The Kier molecular flexibility index (Phi) is 8.13. The zero-order chi connectivity index (χ0) is 22.9. The van der Waals surface area contributed by atoms with Crippen LogP contribution in [0.4, 0.5) is 23.2 Å². The minimum atomic E-state index is -4.64. The molecule has 0 saturated carbocycles. The predicted molar refractivity (Wildman–Crippen MR) is 125 cm³/mol. The summed E-state index contributed by atoms with van der Waals surface area (Å²) in [6, 6.07) is 4.58. The zero-order valence-corrected chi connectivity index (χ0v) is 19.9. The highest BCUT2D eigenvalue weighted by Crippen LogP contribution is 2.34. The number of piperidine rings is 1. The summed E-state index contributed by atoms with van der Waals surface area (Å²) < 4.78 is 55.4. The fraction of sp³-hybridized carbons (Fsp3) is 0.455. The second kappa shape index (κ2) is 10.5. The van der Waals surface area contributed by atoms with Gasteiger partial charge < -0.3 is 10.6 Å². The van der Waals surface area contributed by atoms with Gasteiger partial charge in [-0.1, -0.05) is 19.9 Å². The number of nitrogens with zero attached hydrogens (tertiary/aromatic N) is 3. The van der Waals surface area contributed by atoms with Crippen LogP contribution < -0.4 is 10.6 Å². The van der Waals surface area contributed by atoms with Crippen LogP contribution in [0.2, 0.25) is 0 Å². The number of halogens is 5. The highest BCUT2D eigenvalue weighted by molar-refractivity contribution is 7.99. The van der Waals surface area contributed by atoms with Crippen molar-refractivity contribution in [3.63, 3.8) is 0 Å². The molecule has 0 unspecified atom stereocenters. The third kappa shape index (κ3) is 5.91. The second-order valence-corrected chi connectivity index (χ2v) is 9.51. The van der Waals surface area contributed by atoms with Crippen molar-refractivity contribution in [3.05, 3.63) is 53.1 Å². The summed E-state index contributed by atoms with van der Waals surface area (Å²) >= 11 is 1.68. The molecule has 1 fully saturated rings. The molecule has 5 nitrogen and oxygen atoms in total. The van der Waals surface area contributed by atoms with Gasteiger partial charge in [-0.15, -0.1) is 24.2 Å². The SMILES string of the molecule is CC(C)c1cnc2c(NCc3ccc(F)cc3C(F)(F)F)cc(SC3CCNCC3)nn12.Cl. The van der Waals surface area contributed by atoms with E-state index in [1.54, 1.807) is 22.5 Å². The number of rotatable bonds is 6. The Morgan fingerprint density at radius 3 is 2.61 bits per heavy atom. The number of nitrogens with one attached hydrogen (secondary N) is 2. The first-order chi connectivity index (χ1) is 15.2. The Bertz CT molecular complexity index is 1100. The Labute approximate surface area is 200 Å². The normalized spacial score (nSPS) is 15.1. The molecule has 0 atom stereocenters. The minimum absolute atomic E-state index is 0. The van der Waals surface area contributed by atoms with E-state index in [4.69, 9.17) is 5.10 Å². The lowest BCUT2D eigenvalue weighted by Crippen LogP contribution is -2.29. The van der Waals surface area contributed by atoms with Crippen LogP contribution in [-0.2, 0) is 12.7 Å². The fourth-order valence-electron chi connectivity index (χ4n) is 3.79. The first-order valence-electron chi connectivity index (χ1n) is 10.6. The van der Waals surface area contributed by atoms with Crippen LogP contribution in [0.15, 0.2) is 35.5 Å². The Morgan fingerprint density at radius 1 is 1.21 bits per heavy atom. The van der Waals surface area contributed by atoms with Gasteiger partial charge in [0.15, 0.2) is 5.65 Å². The Morgan fingerprint density at radius 2 is 1.94 bits per heavy atom. The highest BCUT2D eigenvalue weighted by Gasteiger charge is 2.33. The molecule has 4 rings (SSSR count). The van der Waals surface area contributed by atoms with Crippen molar-refractivity contribution in [2.75, 3.05) is 18.4 Å². The van der Waals surface area contributed by atoms with Crippen LogP contribution in [-0.4, -0.2) is 32.9 Å². The lowest BCUT2D eigenvalue weighted by Gasteiger charge is -2.22. The molecular weight excluding hydrogens is 478 g/mol. The second-order valence-electron chi connectivity index (χ2n) is 8.19. The molecule has 2 N–H and O–H groups in total. The van der Waals surface area contributed by atoms with E-state index >= 15 is 0 Å². The molecule has 0 bridgehead atoms. The van der Waals surface area contributed by atoms with Crippen LogP contribution in [0.5, 0.6) is 0 Å². The van der Waals surface area contributed by atoms with Crippen molar-refractivity contribution in [3.8, 4) is 0 Å². The Balaban J connectivity index is 0.00000306. The zero-order valence-electron chi connectivity index (χ0n) is 18.2. The molecule has 3 aromatic rings. The average molecular weight is 504 g/mol. The summed E-state index contributed by atoms with van der Waals surface area (Å²) in [5.74, 6) is -0.735. The molecule has 1 aliphatic heterocycles. The molecule has 3 heterocycles. The van der Waals surface area contributed by atoms with Gasteiger partial charge in [0.25, 0.3) is 0 Å². The standard InChI is InChI=1S/C22H25F4N5S.ClH/c1-13(2)19-12-29-21-18(10-20(30-31(19)21)32-16-5-7-27-8-6-16)28-11-14-3-4-15(23)9-17(14)22(24,25)26;/h3-4,9-10,12-13,16,27-28H,5-8,11H2,1-2H3;1H. The lowest BCUT2D eigenvalue weighted by atomic mass is 10.1. The molecule has 1 saturated heterocycles.